The minimum absolute atomic E-state index is 0.00371. The Morgan fingerprint density at radius 1 is 1.23 bits per heavy atom. The van der Waals surface area contributed by atoms with Crippen LogP contribution < -0.4 is 15.0 Å². The third-order valence-corrected chi connectivity index (χ3v) is 5.50. The lowest BCUT2D eigenvalue weighted by Gasteiger charge is -2.35. The van der Waals surface area contributed by atoms with E-state index in [1.807, 2.05) is 4.90 Å². The molecular weight excluding hydrogens is 467 g/mol. The first-order valence-corrected chi connectivity index (χ1v) is 11.2. The van der Waals surface area contributed by atoms with Gasteiger partial charge in [0.2, 0.25) is 0 Å². The molecule has 35 heavy (non-hydrogen) atoms. The van der Waals surface area contributed by atoms with Crippen LogP contribution in [-0.4, -0.2) is 36.3 Å². The van der Waals surface area contributed by atoms with Gasteiger partial charge in [-0.15, -0.1) is 0 Å². The van der Waals surface area contributed by atoms with E-state index in [0.29, 0.717) is 43.8 Å². The van der Waals surface area contributed by atoms with E-state index in [4.69, 9.17) is 9.47 Å². The van der Waals surface area contributed by atoms with Crippen LogP contribution in [0.25, 0.3) is 0 Å². The van der Waals surface area contributed by atoms with Crippen molar-refractivity contribution >= 4 is 17.5 Å². The second-order valence-corrected chi connectivity index (χ2v) is 9.45. The van der Waals surface area contributed by atoms with Gasteiger partial charge in [-0.2, -0.15) is 0 Å². The van der Waals surface area contributed by atoms with Crippen LogP contribution in [0.2, 0.25) is 0 Å². The van der Waals surface area contributed by atoms with Crippen LogP contribution in [0.15, 0.2) is 24.3 Å². The van der Waals surface area contributed by atoms with Gasteiger partial charge in [-0.05, 0) is 52.5 Å². The van der Waals surface area contributed by atoms with E-state index < -0.39 is 39.8 Å². The number of hydrogen-bond acceptors (Lipinski definition) is 6. The van der Waals surface area contributed by atoms with Crippen LogP contribution in [-0.2, 0) is 4.74 Å². The van der Waals surface area contributed by atoms with E-state index in [-0.39, 0.29) is 23.0 Å². The number of nitro benzene ring substituents is 1. The lowest BCUT2D eigenvalue weighted by Crippen LogP contribution is -2.42. The number of carbonyl (C=O) groups excluding carboxylic acids is 1. The van der Waals surface area contributed by atoms with E-state index in [0.717, 1.165) is 6.42 Å². The van der Waals surface area contributed by atoms with Gasteiger partial charge in [0.15, 0.2) is 17.4 Å². The molecule has 1 atom stereocenters. The van der Waals surface area contributed by atoms with E-state index in [2.05, 4.69) is 5.32 Å². The molecule has 1 heterocycles. The topological polar surface area (TPSA) is 93.9 Å². The van der Waals surface area contributed by atoms with Crippen LogP contribution in [0.3, 0.4) is 0 Å². The Labute approximate surface area is 201 Å². The van der Waals surface area contributed by atoms with E-state index >= 15 is 0 Å². The maximum Gasteiger partial charge on any atom is 0.407 e. The monoisotopic (exact) mass is 495 g/mol. The molecule has 190 valence electrons. The minimum Gasteiger partial charge on any atom is -0.451 e. The predicted molar refractivity (Wildman–Crippen MR) is 123 cm³/mol. The molecule has 0 saturated carbocycles. The van der Waals surface area contributed by atoms with Gasteiger partial charge < -0.3 is 19.7 Å². The molecule has 1 aliphatic rings. The molecule has 0 bridgehead atoms. The molecule has 8 nitrogen and oxygen atoms in total. The SMILES string of the molecule is Cc1c(Oc2c(F)cc(F)cc2F)ccc([N+](=O)[O-])c1N1CCC[C@@H](CNC(=O)OC(C)(C)C)C1. The van der Waals surface area contributed by atoms with Crippen LogP contribution in [0.1, 0.15) is 39.2 Å². The van der Waals surface area contributed by atoms with Gasteiger partial charge in [0.1, 0.15) is 22.9 Å². The Morgan fingerprint density at radius 2 is 1.89 bits per heavy atom. The number of alkyl carbamates (subject to hydrolysis) is 1. The summed E-state index contributed by atoms with van der Waals surface area (Å²) in [6.45, 7) is 8.06. The maximum atomic E-state index is 14.1. The molecule has 0 unspecified atom stereocenters. The van der Waals surface area contributed by atoms with Gasteiger partial charge in [-0.25, -0.2) is 18.0 Å². The van der Waals surface area contributed by atoms with Gasteiger partial charge in [-0.3, -0.25) is 10.1 Å². The zero-order chi connectivity index (χ0) is 25.9. The van der Waals surface area contributed by atoms with Crippen molar-refractivity contribution in [1.82, 2.24) is 5.32 Å². The molecule has 0 aliphatic carbocycles. The molecule has 2 aromatic rings. The summed E-state index contributed by atoms with van der Waals surface area (Å²) >= 11 is 0. The molecule has 0 aromatic heterocycles. The number of carbonyl (C=O) groups is 1. The Bertz CT molecular complexity index is 1100. The summed E-state index contributed by atoms with van der Waals surface area (Å²) in [6, 6.07) is 3.45. The standard InChI is InChI=1S/C24H28F3N3O5/c1-14-20(34-22-17(26)10-16(25)11-18(22)27)8-7-19(30(32)33)21(14)29-9-5-6-15(13-29)12-28-23(31)35-24(2,3)4/h7-8,10-11,15H,5-6,9,12-13H2,1-4H3,(H,28,31)/t15-/m0/s1. The highest BCUT2D eigenvalue weighted by Gasteiger charge is 2.30. The number of ether oxygens (including phenoxy) is 2. The number of anilines is 1. The van der Waals surface area contributed by atoms with Gasteiger partial charge in [0, 0.05) is 43.4 Å². The summed E-state index contributed by atoms with van der Waals surface area (Å²) in [5.41, 5.74) is -0.249. The smallest absolute Gasteiger partial charge is 0.407 e. The van der Waals surface area contributed by atoms with Crippen molar-refractivity contribution in [3.63, 3.8) is 0 Å². The second kappa shape index (κ2) is 10.4. The third kappa shape index (κ3) is 6.55. The Morgan fingerprint density at radius 3 is 2.49 bits per heavy atom. The molecule has 3 rings (SSSR count). The zero-order valence-electron chi connectivity index (χ0n) is 20.0. The van der Waals surface area contributed by atoms with Crippen molar-refractivity contribution < 1.29 is 32.4 Å². The summed E-state index contributed by atoms with van der Waals surface area (Å²) in [5.74, 6) is -4.35. The summed E-state index contributed by atoms with van der Waals surface area (Å²) in [4.78, 5) is 25.0. The number of halogens is 3. The molecule has 1 fully saturated rings. The summed E-state index contributed by atoms with van der Waals surface area (Å²) in [6.07, 6.45) is 0.959. The maximum absolute atomic E-state index is 14.1. The van der Waals surface area contributed by atoms with Gasteiger partial charge in [-0.1, -0.05) is 0 Å². The number of benzene rings is 2. The Balaban J connectivity index is 1.85. The van der Waals surface area contributed by atoms with Gasteiger partial charge in [0.25, 0.3) is 5.69 Å². The summed E-state index contributed by atoms with van der Waals surface area (Å²) < 4.78 is 52.2. The lowest BCUT2D eigenvalue weighted by molar-refractivity contribution is -0.384. The first-order chi connectivity index (χ1) is 16.4. The number of nitro groups is 1. The highest BCUT2D eigenvalue weighted by atomic mass is 19.1. The highest BCUT2D eigenvalue weighted by molar-refractivity contribution is 5.72. The van der Waals surface area contributed by atoms with E-state index in [1.165, 1.54) is 12.1 Å². The molecule has 1 N–H and O–H groups in total. The molecule has 1 saturated heterocycles. The Hall–Kier alpha value is -3.50. The predicted octanol–water partition coefficient (Wildman–Crippen LogP) is 5.85. The average Bonchev–Trinajstić information content (AvgIpc) is 2.74. The first kappa shape index (κ1) is 26.1. The average molecular weight is 495 g/mol. The Kier molecular flexibility index (Phi) is 7.76. The normalized spacial score (nSPS) is 16.1. The van der Waals surface area contributed by atoms with Crippen LogP contribution in [0, 0.1) is 40.4 Å². The van der Waals surface area contributed by atoms with Crippen molar-refractivity contribution in [2.45, 2.75) is 46.1 Å². The second-order valence-electron chi connectivity index (χ2n) is 9.45. The number of amides is 1. The molecular formula is C24H28F3N3O5. The van der Waals surface area contributed by atoms with E-state index in [9.17, 15) is 28.1 Å². The quantitative estimate of drug-likeness (QED) is 0.399. The lowest BCUT2D eigenvalue weighted by atomic mass is 9.96. The summed E-state index contributed by atoms with van der Waals surface area (Å²) in [5, 5.41) is 14.5. The molecule has 1 aliphatic heterocycles. The largest absolute Gasteiger partial charge is 0.451 e. The van der Waals surface area contributed by atoms with Crippen molar-refractivity contribution in [2.24, 2.45) is 5.92 Å². The van der Waals surface area contributed by atoms with Crippen LogP contribution in [0.4, 0.5) is 29.3 Å². The number of nitrogens with one attached hydrogen (secondary N) is 1. The zero-order valence-corrected chi connectivity index (χ0v) is 20.0. The van der Waals surface area contributed by atoms with Crippen LogP contribution >= 0.6 is 0 Å². The van der Waals surface area contributed by atoms with Crippen molar-refractivity contribution in [2.75, 3.05) is 24.5 Å². The minimum atomic E-state index is -1.23. The highest BCUT2D eigenvalue weighted by Crippen LogP contribution is 2.41. The van der Waals surface area contributed by atoms with Gasteiger partial charge >= 0.3 is 6.09 Å². The number of rotatable bonds is 6. The number of piperidine rings is 1. The fourth-order valence-electron chi connectivity index (χ4n) is 4.04. The summed E-state index contributed by atoms with van der Waals surface area (Å²) in [7, 11) is 0. The van der Waals surface area contributed by atoms with Crippen molar-refractivity contribution in [3.05, 3.63) is 57.4 Å². The number of nitrogens with zero attached hydrogens (tertiary/aromatic N) is 2. The molecule has 0 radical (unpaired) electrons. The van der Waals surface area contributed by atoms with Crippen LogP contribution in [0.5, 0.6) is 11.5 Å². The van der Waals surface area contributed by atoms with Gasteiger partial charge in [0.05, 0.1) is 4.92 Å². The molecule has 2 aromatic carbocycles. The fourth-order valence-corrected chi connectivity index (χ4v) is 4.04. The molecule has 1 amide bonds. The first-order valence-electron chi connectivity index (χ1n) is 11.2. The molecule has 11 heteroatoms. The van der Waals surface area contributed by atoms with Crippen molar-refractivity contribution in [3.8, 4) is 11.5 Å². The molecule has 0 spiro atoms. The fraction of sp³-hybridized carbons (Fsp3) is 0.458. The van der Waals surface area contributed by atoms with E-state index in [1.54, 1.807) is 27.7 Å². The number of hydrogen-bond donors (Lipinski definition) is 1. The van der Waals surface area contributed by atoms with Crippen molar-refractivity contribution in [1.29, 1.82) is 0 Å². The third-order valence-electron chi connectivity index (χ3n) is 5.50.